The van der Waals surface area contributed by atoms with E-state index < -0.39 is 0 Å². The molecule has 90 valence electrons. The van der Waals surface area contributed by atoms with Crippen molar-refractivity contribution in [2.24, 2.45) is 17.3 Å². The third kappa shape index (κ3) is 1.98. The van der Waals surface area contributed by atoms with Crippen LogP contribution in [0.15, 0.2) is 23.8 Å². The molecule has 0 aliphatic heterocycles. The fraction of sp³-hybridized carbons (Fsp3) is 0.733. The summed E-state index contributed by atoms with van der Waals surface area (Å²) >= 11 is 0. The van der Waals surface area contributed by atoms with E-state index in [4.69, 9.17) is 0 Å². The molecule has 0 aromatic rings. The van der Waals surface area contributed by atoms with Crippen molar-refractivity contribution in [2.45, 2.75) is 52.6 Å². The predicted molar refractivity (Wildman–Crippen MR) is 68.1 cm³/mol. The summed E-state index contributed by atoms with van der Waals surface area (Å²) in [5.74, 6) is 1.54. The zero-order valence-electron chi connectivity index (χ0n) is 10.8. The van der Waals surface area contributed by atoms with E-state index >= 15 is 0 Å². The standard InChI is InChI=1S/C15H24O/c1-10-6-8-14(16)11(2)5-7-13-12(10)9-15(13,3)4/h6,12-14,16H,2,5,7-9H2,1,3-4H3/b10-6-. The van der Waals surface area contributed by atoms with E-state index in [0.717, 1.165) is 30.3 Å². The summed E-state index contributed by atoms with van der Waals surface area (Å²) in [6.07, 6.45) is 6.16. The third-order valence-electron chi connectivity index (χ3n) is 4.73. The molecule has 1 N–H and O–H groups in total. The van der Waals surface area contributed by atoms with Gasteiger partial charge in [-0.3, -0.25) is 0 Å². The van der Waals surface area contributed by atoms with Crippen molar-refractivity contribution in [3.63, 3.8) is 0 Å². The molecule has 16 heavy (non-hydrogen) atoms. The third-order valence-corrected chi connectivity index (χ3v) is 4.73. The van der Waals surface area contributed by atoms with E-state index in [9.17, 15) is 5.11 Å². The lowest BCUT2D eigenvalue weighted by Crippen LogP contribution is -2.44. The molecule has 0 aromatic carbocycles. The monoisotopic (exact) mass is 220 g/mol. The Morgan fingerprint density at radius 2 is 2.12 bits per heavy atom. The number of hydrogen-bond acceptors (Lipinski definition) is 1. The molecule has 3 unspecified atom stereocenters. The molecular weight excluding hydrogens is 196 g/mol. The molecule has 2 aliphatic carbocycles. The Hall–Kier alpha value is -0.560. The quantitative estimate of drug-likeness (QED) is 0.617. The Kier molecular flexibility index (Phi) is 3.00. The molecule has 0 spiro atoms. The van der Waals surface area contributed by atoms with Gasteiger partial charge in [0.1, 0.15) is 0 Å². The molecule has 0 saturated heterocycles. The Balaban J connectivity index is 2.18. The lowest BCUT2D eigenvalue weighted by atomic mass is 9.52. The number of aliphatic hydroxyl groups excluding tert-OH is 1. The van der Waals surface area contributed by atoms with Gasteiger partial charge in [-0.1, -0.05) is 32.1 Å². The molecule has 0 aromatic heterocycles. The van der Waals surface area contributed by atoms with Gasteiger partial charge in [0.05, 0.1) is 6.10 Å². The average Bonchev–Trinajstić information content (AvgIpc) is 2.24. The lowest BCUT2D eigenvalue weighted by Gasteiger charge is -2.52. The second kappa shape index (κ2) is 4.03. The zero-order valence-corrected chi connectivity index (χ0v) is 10.8. The lowest BCUT2D eigenvalue weighted by molar-refractivity contribution is 0.00474. The number of hydrogen-bond donors (Lipinski definition) is 1. The van der Waals surface area contributed by atoms with Crippen LogP contribution in [-0.2, 0) is 0 Å². The molecule has 1 saturated carbocycles. The van der Waals surface area contributed by atoms with Crippen LogP contribution < -0.4 is 0 Å². The zero-order chi connectivity index (χ0) is 11.9. The van der Waals surface area contributed by atoms with E-state index in [1.54, 1.807) is 0 Å². The van der Waals surface area contributed by atoms with Crippen LogP contribution in [-0.4, -0.2) is 11.2 Å². The van der Waals surface area contributed by atoms with Crippen LogP contribution in [0.3, 0.4) is 0 Å². The normalized spacial score (nSPS) is 41.9. The van der Waals surface area contributed by atoms with Crippen molar-refractivity contribution in [3.8, 4) is 0 Å². The van der Waals surface area contributed by atoms with Crippen LogP contribution in [0.25, 0.3) is 0 Å². The molecule has 1 nitrogen and oxygen atoms in total. The van der Waals surface area contributed by atoms with Gasteiger partial charge in [0.15, 0.2) is 0 Å². The van der Waals surface area contributed by atoms with Crippen LogP contribution in [0, 0.1) is 17.3 Å². The molecule has 3 atom stereocenters. The second-order valence-electron chi connectivity index (χ2n) is 6.30. The SMILES string of the molecule is C=C1CCC2C(CC2(C)C)/C(C)=C\CC1O. The number of aliphatic hydroxyl groups is 1. The highest BCUT2D eigenvalue weighted by Crippen LogP contribution is 2.56. The number of allylic oxidation sites excluding steroid dienone is 1. The molecule has 2 aliphatic rings. The summed E-state index contributed by atoms with van der Waals surface area (Å²) in [6.45, 7) is 11.0. The summed E-state index contributed by atoms with van der Waals surface area (Å²) in [5, 5.41) is 9.90. The Labute approximate surface area is 99.3 Å². The highest BCUT2D eigenvalue weighted by Gasteiger charge is 2.47. The minimum absolute atomic E-state index is 0.324. The van der Waals surface area contributed by atoms with Gasteiger partial charge in [0.25, 0.3) is 0 Å². The minimum Gasteiger partial charge on any atom is -0.388 e. The van der Waals surface area contributed by atoms with Crippen LogP contribution >= 0.6 is 0 Å². The number of fused-ring (bicyclic) bond motifs is 1. The molecule has 0 radical (unpaired) electrons. The van der Waals surface area contributed by atoms with Crippen molar-refractivity contribution in [1.82, 2.24) is 0 Å². The topological polar surface area (TPSA) is 20.2 Å². The molecule has 1 fully saturated rings. The maximum absolute atomic E-state index is 9.90. The Morgan fingerprint density at radius 1 is 1.44 bits per heavy atom. The molecule has 2 rings (SSSR count). The summed E-state index contributed by atoms with van der Waals surface area (Å²) in [7, 11) is 0. The molecular formula is C15H24O. The summed E-state index contributed by atoms with van der Waals surface area (Å²) in [5.41, 5.74) is 2.99. The first-order valence-electron chi connectivity index (χ1n) is 6.44. The summed E-state index contributed by atoms with van der Waals surface area (Å²) < 4.78 is 0. The fourth-order valence-electron chi connectivity index (χ4n) is 3.44. The fourth-order valence-corrected chi connectivity index (χ4v) is 3.44. The second-order valence-corrected chi connectivity index (χ2v) is 6.30. The van der Waals surface area contributed by atoms with Crippen LogP contribution in [0.5, 0.6) is 0 Å². The first kappa shape index (κ1) is 11.9. The van der Waals surface area contributed by atoms with E-state index in [0.29, 0.717) is 5.41 Å². The molecule has 0 bridgehead atoms. The van der Waals surface area contributed by atoms with Gasteiger partial charge in [-0.05, 0) is 55.4 Å². The van der Waals surface area contributed by atoms with Gasteiger partial charge in [-0.2, -0.15) is 0 Å². The van der Waals surface area contributed by atoms with Crippen molar-refractivity contribution in [2.75, 3.05) is 0 Å². The minimum atomic E-state index is -0.324. The summed E-state index contributed by atoms with van der Waals surface area (Å²) in [6, 6.07) is 0. The maximum Gasteiger partial charge on any atom is 0.0782 e. The maximum atomic E-state index is 9.90. The Morgan fingerprint density at radius 3 is 2.75 bits per heavy atom. The Bertz CT molecular complexity index is 324. The predicted octanol–water partition coefficient (Wildman–Crippen LogP) is 3.70. The highest BCUT2D eigenvalue weighted by molar-refractivity contribution is 5.18. The van der Waals surface area contributed by atoms with Gasteiger partial charge in [-0.25, -0.2) is 0 Å². The van der Waals surface area contributed by atoms with E-state index in [-0.39, 0.29) is 6.10 Å². The van der Waals surface area contributed by atoms with E-state index in [1.165, 1.54) is 18.4 Å². The molecule has 0 amide bonds. The van der Waals surface area contributed by atoms with Gasteiger partial charge >= 0.3 is 0 Å². The molecule has 1 heteroatoms. The van der Waals surface area contributed by atoms with Crippen molar-refractivity contribution < 1.29 is 5.11 Å². The van der Waals surface area contributed by atoms with E-state index in [2.05, 4.69) is 33.4 Å². The number of rotatable bonds is 0. The van der Waals surface area contributed by atoms with Gasteiger partial charge in [-0.15, -0.1) is 0 Å². The largest absolute Gasteiger partial charge is 0.388 e. The highest BCUT2D eigenvalue weighted by atomic mass is 16.3. The van der Waals surface area contributed by atoms with Gasteiger partial charge in [0, 0.05) is 0 Å². The van der Waals surface area contributed by atoms with Crippen molar-refractivity contribution in [3.05, 3.63) is 23.8 Å². The van der Waals surface area contributed by atoms with Gasteiger partial charge < -0.3 is 5.11 Å². The van der Waals surface area contributed by atoms with E-state index in [1.807, 2.05) is 0 Å². The first-order chi connectivity index (χ1) is 7.42. The van der Waals surface area contributed by atoms with Crippen LogP contribution in [0.2, 0.25) is 0 Å². The summed E-state index contributed by atoms with van der Waals surface area (Å²) in [4.78, 5) is 0. The van der Waals surface area contributed by atoms with Crippen molar-refractivity contribution in [1.29, 1.82) is 0 Å². The first-order valence-corrected chi connectivity index (χ1v) is 6.44. The van der Waals surface area contributed by atoms with Crippen LogP contribution in [0.4, 0.5) is 0 Å². The van der Waals surface area contributed by atoms with Gasteiger partial charge in [0.2, 0.25) is 0 Å². The van der Waals surface area contributed by atoms with Crippen molar-refractivity contribution >= 4 is 0 Å². The smallest absolute Gasteiger partial charge is 0.0782 e. The average molecular weight is 220 g/mol. The molecule has 0 heterocycles. The van der Waals surface area contributed by atoms with Crippen LogP contribution in [0.1, 0.15) is 46.5 Å².